The first kappa shape index (κ1) is 76.6. The first-order chi connectivity index (χ1) is 49.1. The number of fused-ring (bicyclic) bond motifs is 4. The lowest BCUT2D eigenvalue weighted by molar-refractivity contribution is -0.155. The molecule has 7 amide bonds. The van der Waals surface area contributed by atoms with Crippen LogP contribution in [-0.2, 0) is 52.5 Å². The molecule has 2 saturated carbocycles. The van der Waals surface area contributed by atoms with E-state index in [0.717, 1.165) is 96.7 Å². The number of thioether (sulfide) groups is 1. The van der Waals surface area contributed by atoms with E-state index in [2.05, 4.69) is 75.1 Å². The molecule has 5 aromatic rings. The second-order valence-electron chi connectivity index (χ2n) is 30.4. The van der Waals surface area contributed by atoms with Crippen molar-refractivity contribution in [3.63, 3.8) is 0 Å². The smallest absolute Gasteiger partial charge is 0.407 e. The number of nitrogens with one attached hydrogen (secondary N) is 5. The van der Waals surface area contributed by atoms with E-state index in [1.807, 2.05) is 153 Å². The summed E-state index contributed by atoms with van der Waals surface area (Å²) in [6, 6.07) is 38.2. The van der Waals surface area contributed by atoms with Gasteiger partial charge in [-0.15, -0.1) is 11.8 Å². The van der Waals surface area contributed by atoms with Crippen molar-refractivity contribution in [3.8, 4) is 11.1 Å². The lowest BCUT2D eigenvalue weighted by atomic mass is 9.84. The topological polar surface area (TPSA) is 231 Å². The van der Waals surface area contributed by atoms with Gasteiger partial charge in [-0.2, -0.15) is 0 Å². The molecular weight excluding hydrogens is 1300 g/mol. The van der Waals surface area contributed by atoms with E-state index in [9.17, 15) is 14.4 Å². The average Bonchev–Trinajstić information content (AvgIpc) is 1.61. The van der Waals surface area contributed by atoms with Crippen molar-refractivity contribution in [3.05, 3.63) is 167 Å². The Morgan fingerprint density at radius 2 is 1.08 bits per heavy atom. The number of rotatable bonds is 29. The van der Waals surface area contributed by atoms with Gasteiger partial charge in [-0.1, -0.05) is 220 Å². The van der Waals surface area contributed by atoms with Crippen molar-refractivity contribution < 1.29 is 52.6 Å². The highest BCUT2D eigenvalue weighted by Crippen LogP contribution is 2.49. The third-order valence-electron chi connectivity index (χ3n) is 21.7. The molecule has 2 saturated heterocycles. The molecular formula is C83H109N7O11S. The number of benzene rings is 5. The SMILES string of the molecule is CC[C@H](C)[C@H](NC(=O)[C@@H]1C[C@@H]2CCCC[C@@H]2N1C(=O)[C@@H]1CCCN1C(=O)[C@H](CC(C)C)NC(=O)[C@H](COC(C)(C)C)NC(=O)OCC1c2ccccc2-c2ccccc21)C(=O)N[C@@H](CSC(c1ccccc1)(c1ccccc1)c1ccccc1)C(=O)N[C@H](C(=O)OC1CCCCCC1)[C@@H](C)CC. The second kappa shape index (κ2) is 35.4. The maximum absolute atomic E-state index is 15.8. The maximum Gasteiger partial charge on any atom is 0.407 e. The van der Waals surface area contributed by atoms with E-state index >= 15 is 24.0 Å². The van der Waals surface area contributed by atoms with Gasteiger partial charge in [0.1, 0.15) is 55.0 Å². The molecule has 548 valence electrons. The Kier molecular flexibility index (Phi) is 26.6. The molecule has 11 atom stereocenters. The zero-order chi connectivity index (χ0) is 72.7. The Bertz CT molecular complexity index is 3510. The molecule has 18 nitrogen and oxygen atoms in total. The molecule has 5 N–H and O–H groups in total. The number of hydrogen-bond acceptors (Lipinski definition) is 12. The van der Waals surface area contributed by atoms with Gasteiger partial charge in [0, 0.05) is 24.3 Å². The van der Waals surface area contributed by atoms with Crippen LogP contribution in [0.4, 0.5) is 4.79 Å². The van der Waals surface area contributed by atoms with Crippen molar-refractivity contribution in [1.82, 2.24) is 36.4 Å². The van der Waals surface area contributed by atoms with Crippen molar-refractivity contribution >= 4 is 59.3 Å². The molecule has 2 heterocycles. The van der Waals surface area contributed by atoms with Gasteiger partial charge in [-0.3, -0.25) is 28.8 Å². The van der Waals surface area contributed by atoms with Crippen LogP contribution in [0.2, 0.25) is 0 Å². The van der Waals surface area contributed by atoms with E-state index in [1.54, 1.807) is 9.80 Å². The molecule has 0 spiro atoms. The highest BCUT2D eigenvalue weighted by atomic mass is 32.2. The minimum Gasteiger partial charge on any atom is -0.461 e. The number of likely N-dealkylation sites (tertiary alicyclic amines) is 2. The van der Waals surface area contributed by atoms with Gasteiger partial charge in [-0.05, 0) is 148 Å². The average molecular weight is 1410 g/mol. The predicted molar refractivity (Wildman–Crippen MR) is 399 cm³/mol. The number of nitrogens with zero attached hydrogens (tertiary/aromatic N) is 2. The molecule has 102 heavy (non-hydrogen) atoms. The highest BCUT2D eigenvalue weighted by Gasteiger charge is 2.52. The van der Waals surface area contributed by atoms with Gasteiger partial charge < -0.3 is 50.6 Å². The Balaban J connectivity index is 0.888. The summed E-state index contributed by atoms with van der Waals surface area (Å²) < 4.78 is 17.3. The Hall–Kier alpha value is -8.03. The van der Waals surface area contributed by atoms with Crippen LogP contribution in [0.3, 0.4) is 0 Å². The molecule has 0 aromatic heterocycles. The summed E-state index contributed by atoms with van der Waals surface area (Å²) in [5, 5.41) is 15.2. The normalized spacial score (nSPS) is 20.6. The molecule has 10 rings (SSSR count). The second-order valence-corrected chi connectivity index (χ2v) is 31.6. The van der Waals surface area contributed by atoms with Gasteiger partial charge in [-0.25, -0.2) is 9.59 Å². The summed E-state index contributed by atoms with van der Waals surface area (Å²) in [4.78, 5) is 124. The molecule has 3 aliphatic carbocycles. The van der Waals surface area contributed by atoms with Crippen molar-refractivity contribution in [1.29, 1.82) is 0 Å². The molecule has 2 aliphatic heterocycles. The van der Waals surface area contributed by atoms with Gasteiger partial charge in [0.2, 0.25) is 35.4 Å². The van der Waals surface area contributed by atoms with Gasteiger partial charge >= 0.3 is 12.1 Å². The van der Waals surface area contributed by atoms with E-state index < -0.39 is 100 Å². The minimum absolute atomic E-state index is 0.0130. The van der Waals surface area contributed by atoms with Crippen LogP contribution in [0.1, 0.15) is 199 Å². The molecule has 5 aliphatic rings. The standard InChI is InChI=1S/C83H109N7O11S/c1-10-54(5)72(77(94)85-68(75(92)88-73(55(6)11-2)80(97)101-60-39-23-12-13-24-40-60)52-102-83(57-33-17-14-18-34-57,58-35-19-15-20-36-58)59-37-21-16-22-38-59)87-76(93)71-49-56-32-25-30-45-69(56)90(71)79(96)70-46-31-47-89(70)78(95)66(48-53(3)4)84-74(91)67(51-100-82(7,8)9)86-81(98)99-50-65-63-43-28-26-41-61(63)62-42-27-29-44-64(62)65/h14-22,26-29,33-38,41-44,53-56,60,65-73H,10-13,23-25,30-32,39-40,45-52H2,1-9H3,(H,84,91)(H,85,94)(H,86,98)(H,87,93)(H,88,92)/t54-,55-,56-,66-,67-,68-,69-,70-,71-,72-,73-/m0/s1. The van der Waals surface area contributed by atoms with E-state index in [4.69, 9.17) is 14.2 Å². The van der Waals surface area contributed by atoms with E-state index in [-0.39, 0.29) is 73.7 Å². The zero-order valence-electron chi connectivity index (χ0n) is 61.3. The number of carbonyl (C=O) groups excluding carboxylic acids is 8. The third-order valence-corrected chi connectivity index (χ3v) is 23.3. The number of amides is 7. The van der Waals surface area contributed by atoms with Crippen molar-refractivity contribution in [2.75, 3.05) is 25.5 Å². The van der Waals surface area contributed by atoms with Crippen LogP contribution in [0, 0.1) is 23.7 Å². The largest absolute Gasteiger partial charge is 0.461 e. The quantitative estimate of drug-likeness (QED) is 0.0171. The molecule has 19 heteroatoms. The van der Waals surface area contributed by atoms with Crippen LogP contribution < -0.4 is 26.6 Å². The molecule has 0 radical (unpaired) electrons. The number of alkyl carbamates (subject to hydrolysis) is 1. The number of carbonyl (C=O) groups is 8. The molecule has 0 unspecified atom stereocenters. The summed E-state index contributed by atoms with van der Waals surface area (Å²) in [6.45, 7) is 17.1. The molecule has 0 bridgehead atoms. The van der Waals surface area contributed by atoms with Crippen LogP contribution in [-0.4, -0.2) is 143 Å². The van der Waals surface area contributed by atoms with Crippen LogP contribution in [0.15, 0.2) is 140 Å². The van der Waals surface area contributed by atoms with Gasteiger partial charge in [0.15, 0.2) is 0 Å². The number of ether oxygens (including phenoxy) is 3. The summed E-state index contributed by atoms with van der Waals surface area (Å²) in [5.74, 6) is -4.70. The monoisotopic (exact) mass is 1410 g/mol. The van der Waals surface area contributed by atoms with Crippen LogP contribution in [0.25, 0.3) is 11.1 Å². The van der Waals surface area contributed by atoms with Crippen molar-refractivity contribution in [2.24, 2.45) is 23.7 Å². The Labute approximate surface area is 608 Å². The fourth-order valence-corrected chi connectivity index (χ4v) is 17.4. The Morgan fingerprint density at radius 1 is 0.549 bits per heavy atom. The lowest BCUT2D eigenvalue weighted by Crippen LogP contribution is -2.62. The van der Waals surface area contributed by atoms with Crippen LogP contribution >= 0.6 is 11.8 Å². The summed E-state index contributed by atoms with van der Waals surface area (Å²) in [7, 11) is 0. The fourth-order valence-electron chi connectivity index (χ4n) is 15.8. The first-order valence-electron chi connectivity index (χ1n) is 37.7. The fraction of sp³-hybridized carbons (Fsp3) is 0.542. The summed E-state index contributed by atoms with van der Waals surface area (Å²) >= 11 is 1.49. The van der Waals surface area contributed by atoms with E-state index in [0.29, 0.717) is 38.5 Å². The van der Waals surface area contributed by atoms with E-state index in [1.165, 1.54) is 11.8 Å². The summed E-state index contributed by atoms with van der Waals surface area (Å²) in [6.07, 6.45) is 10.1. The van der Waals surface area contributed by atoms with Gasteiger partial charge in [0.25, 0.3) is 0 Å². The first-order valence-corrected chi connectivity index (χ1v) is 38.7. The minimum atomic E-state index is -1.26. The zero-order valence-corrected chi connectivity index (χ0v) is 62.1. The lowest BCUT2D eigenvalue weighted by Gasteiger charge is -2.38. The van der Waals surface area contributed by atoms with Gasteiger partial charge in [0.05, 0.1) is 17.0 Å². The molecule has 4 fully saturated rings. The number of hydrogen-bond donors (Lipinski definition) is 5. The third kappa shape index (κ3) is 18.5. The Morgan fingerprint density at radius 3 is 1.65 bits per heavy atom. The highest BCUT2D eigenvalue weighted by molar-refractivity contribution is 8.00. The number of esters is 1. The van der Waals surface area contributed by atoms with Crippen LogP contribution in [0.5, 0.6) is 0 Å². The van der Waals surface area contributed by atoms with Crippen molar-refractivity contribution in [2.45, 2.75) is 236 Å². The summed E-state index contributed by atoms with van der Waals surface area (Å²) in [5.41, 5.74) is 6.36. The molecule has 5 aromatic carbocycles. The predicted octanol–water partition coefficient (Wildman–Crippen LogP) is 12.9. The maximum atomic E-state index is 15.8.